The van der Waals surface area contributed by atoms with Crippen LogP contribution in [0, 0.1) is 0 Å². The first-order valence-corrected chi connectivity index (χ1v) is 10.1. The molecule has 3 heterocycles. The summed E-state index contributed by atoms with van der Waals surface area (Å²) < 4.78 is 0.570. The monoisotopic (exact) mass is 400 g/mol. The number of aromatic nitrogens is 2. The van der Waals surface area contributed by atoms with Crippen molar-refractivity contribution in [2.45, 2.75) is 11.4 Å². The van der Waals surface area contributed by atoms with E-state index < -0.39 is 0 Å². The van der Waals surface area contributed by atoms with E-state index in [0.29, 0.717) is 21.8 Å². The van der Waals surface area contributed by atoms with Crippen LogP contribution in [-0.2, 0) is 16.1 Å². The molecule has 0 atom stereocenters. The van der Waals surface area contributed by atoms with Gasteiger partial charge in [-0.1, -0.05) is 12.1 Å². The number of thioether (sulfide) groups is 1. The van der Waals surface area contributed by atoms with Crippen molar-refractivity contribution < 1.29 is 9.59 Å². The van der Waals surface area contributed by atoms with Gasteiger partial charge in [0.15, 0.2) is 0 Å². The number of carbonyl (C=O) groups excluding carboxylic acids is 2. The molecule has 0 bridgehead atoms. The first-order valence-electron chi connectivity index (χ1n) is 8.25. The summed E-state index contributed by atoms with van der Waals surface area (Å²) in [7, 11) is 1.63. The van der Waals surface area contributed by atoms with Gasteiger partial charge in [0.05, 0.1) is 23.5 Å². The van der Waals surface area contributed by atoms with Gasteiger partial charge in [0.25, 0.3) is 5.56 Å². The Kier molecular flexibility index (Phi) is 4.71. The average Bonchev–Trinajstić information content (AvgIpc) is 3.13. The molecular formula is C18H16N4O3S2. The third-order valence-corrected chi connectivity index (χ3v) is 6.23. The summed E-state index contributed by atoms with van der Waals surface area (Å²) in [6.45, 7) is 0.121. The van der Waals surface area contributed by atoms with E-state index in [4.69, 9.17) is 0 Å². The molecule has 1 aromatic carbocycles. The molecule has 0 saturated heterocycles. The number of hydrogen-bond donors (Lipinski definition) is 1. The quantitative estimate of drug-likeness (QED) is 0.725. The SMILES string of the molecule is CN(Cc1nc2ccsc2c(=O)[nH]1)C(=O)CN1C(=O)CSc2ccccc21. The number of thiophene rings is 1. The van der Waals surface area contributed by atoms with Gasteiger partial charge in [0, 0.05) is 11.9 Å². The summed E-state index contributed by atoms with van der Waals surface area (Å²) in [5, 5.41) is 1.81. The lowest BCUT2D eigenvalue weighted by molar-refractivity contribution is -0.130. The molecule has 27 heavy (non-hydrogen) atoms. The van der Waals surface area contributed by atoms with Gasteiger partial charge < -0.3 is 14.8 Å². The maximum absolute atomic E-state index is 12.7. The van der Waals surface area contributed by atoms with Crippen molar-refractivity contribution in [1.29, 1.82) is 0 Å². The van der Waals surface area contributed by atoms with E-state index in [1.807, 2.05) is 29.6 Å². The van der Waals surface area contributed by atoms with E-state index in [2.05, 4.69) is 9.97 Å². The molecule has 138 valence electrons. The largest absolute Gasteiger partial charge is 0.337 e. The van der Waals surface area contributed by atoms with Crippen molar-refractivity contribution in [3.63, 3.8) is 0 Å². The van der Waals surface area contributed by atoms with E-state index in [0.717, 1.165) is 10.6 Å². The predicted octanol–water partition coefficient (Wildman–Crippen LogP) is 2.08. The first-order chi connectivity index (χ1) is 13.0. The van der Waals surface area contributed by atoms with Crippen LogP contribution in [0.15, 0.2) is 45.4 Å². The molecule has 1 aliphatic rings. The van der Waals surface area contributed by atoms with Crippen LogP contribution >= 0.6 is 23.1 Å². The molecule has 1 N–H and O–H groups in total. The standard InChI is InChI=1S/C18H16N4O3S2/c1-21(8-14-19-11-6-7-26-17(11)18(25)20-14)15(23)9-22-12-4-2-3-5-13(12)27-10-16(22)24/h2-7H,8-10H2,1H3,(H,19,20,25). The highest BCUT2D eigenvalue weighted by atomic mass is 32.2. The Bertz CT molecular complexity index is 1090. The van der Waals surface area contributed by atoms with Gasteiger partial charge in [-0.05, 0) is 23.6 Å². The number of nitrogens with one attached hydrogen (secondary N) is 1. The first kappa shape index (κ1) is 17.7. The fourth-order valence-electron chi connectivity index (χ4n) is 2.89. The van der Waals surface area contributed by atoms with Gasteiger partial charge in [-0.25, -0.2) is 4.98 Å². The number of H-pyrrole nitrogens is 1. The van der Waals surface area contributed by atoms with Crippen molar-refractivity contribution in [2.75, 3.05) is 24.2 Å². The van der Waals surface area contributed by atoms with E-state index in [9.17, 15) is 14.4 Å². The maximum Gasteiger partial charge on any atom is 0.268 e. The number of rotatable bonds is 4. The van der Waals surface area contributed by atoms with Crippen LogP contribution in [0.2, 0.25) is 0 Å². The fraction of sp³-hybridized carbons (Fsp3) is 0.222. The minimum Gasteiger partial charge on any atom is -0.337 e. The molecule has 3 aromatic rings. The number of aromatic amines is 1. The second-order valence-corrected chi connectivity index (χ2v) is 8.07. The Balaban J connectivity index is 1.51. The van der Waals surface area contributed by atoms with Crippen LogP contribution in [0.3, 0.4) is 0 Å². The van der Waals surface area contributed by atoms with Crippen molar-refractivity contribution in [1.82, 2.24) is 14.9 Å². The van der Waals surface area contributed by atoms with Crippen LogP contribution in [0.25, 0.3) is 10.2 Å². The summed E-state index contributed by atoms with van der Waals surface area (Å²) in [6.07, 6.45) is 0. The lowest BCUT2D eigenvalue weighted by Gasteiger charge is -2.29. The Labute approximate surface area is 163 Å². The number of fused-ring (bicyclic) bond motifs is 2. The minimum atomic E-state index is -0.224. The topological polar surface area (TPSA) is 86.4 Å². The summed E-state index contributed by atoms with van der Waals surface area (Å²) >= 11 is 2.81. The van der Waals surface area contributed by atoms with Crippen LogP contribution in [0.5, 0.6) is 0 Å². The van der Waals surface area contributed by atoms with Crippen LogP contribution < -0.4 is 10.5 Å². The molecule has 0 fully saturated rings. The average molecular weight is 400 g/mol. The van der Waals surface area contributed by atoms with Crippen molar-refractivity contribution in [2.24, 2.45) is 0 Å². The van der Waals surface area contributed by atoms with Crippen molar-refractivity contribution in [3.05, 3.63) is 51.9 Å². The van der Waals surface area contributed by atoms with Crippen molar-refractivity contribution >= 4 is 50.8 Å². The normalized spacial score (nSPS) is 13.7. The third-order valence-electron chi connectivity index (χ3n) is 4.28. The Hall–Kier alpha value is -2.65. The molecule has 2 amide bonds. The molecule has 0 spiro atoms. The molecule has 7 nitrogen and oxygen atoms in total. The van der Waals surface area contributed by atoms with Crippen molar-refractivity contribution in [3.8, 4) is 0 Å². The zero-order valence-corrected chi connectivity index (χ0v) is 16.1. The zero-order chi connectivity index (χ0) is 19.0. The van der Waals surface area contributed by atoms with Gasteiger partial charge in [0.2, 0.25) is 11.8 Å². The number of nitrogens with zero attached hydrogens (tertiary/aromatic N) is 3. The summed E-state index contributed by atoms with van der Waals surface area (Å²) in [5.41, 5.74) is 1.17. The number of benzene rings is 1. The highest BCUT2D eigenvalue weighted by Gasteiger charge is 2.27. The highest BCUT2D eigenvalue weighted by Crippen LogP contribution is 2.34. The molecule has 9 heteroatoms. The molecule has 1 aliphatic heterocycles. The fourth-order valence-corrected chi connectivity index (χ4v) is 4.55. The number of para-hydroxylation sites is 1. The van der Waals surface area contributed by atoms with Gasteiger partial charge in [0.1, 0.15) is 17.1 Å². The maximum atomic E-state index is 12.7. The smallest absolute Gasteiger partial charge is 0.268 e. The summed E-state index contributed by atoms with van der Waals surface area (Å²) in [5.74, 6) is 0.421. The van der Waals surface area contributed by atoms with Crippen LogP contribution in [-0.4, -0.2) is 46.0 Å². The molecule has 0 radical (unpaired) electrons. The molecule has 2 aromatic heterocycles. The Morgan fingerprint density at radius 1 is 1.30 bits per heavy atom. The Morgan fingerprint density at radius 2 is 2.11 bits per heavy atom. The number of anilines is 1. The van der Waals surface area contributed by atoms with Gasteiger partial charge in [-0.2, -0.15) is 0 Å². The molecule has 4 rings (SSSR count). The number of amides is 2. The van der Waals surface area contributed by atoms with E-state index in [1.54, 1.807) is 13.1 Å². The second-order valence-electron chi connectivity index (χ2n) is 6.13. The number of hydrogen-bond acceptors (Lipinski definition) is 6. The number of likely N-dealkylation sites (N-methyl/N-ethyl adjacent to an activating group) is 1. The van der Waals surface area contributed by atoms with Crippen LogP contribution in [0.1, 0.15) is 5.82 Å². The van der Waals surface area contributed by atoms with Crippen LogP contribution in [0.4, 0.5) is 5.69 Å². The minimum absolute atomic E-state index is 0.0438. The molecule has 0 aliphatic carbocycles. The highest BCUT2D eigenvalue weighted by molar-refractivity contribution is 8.00. The van der Waals surface area contributed by atoms with E-state index in [1.165, 1.54) is 32.9 Å². The summed E-state index contributed by atoms with van der Waals surface area (Å²) in [6, 6.07) is 9.33. The Morgan fingerprint density at radius 3 is 2.96 bits per heavy atom. The van der Waals surface area contributed by atoms with Gasteiger partial charge >= 0.3 is 0 Å². The van der Waals surface area contributed by atoms with E-state index in [-0.39, 0.29) is 30.5 Å². The number of carbonyl (C=O) groups is 2. The van der Waals surface area contributed by atoms with E-state index >= 15 is 0 Å². The molecule has 0 saturated carbocycles. The second kappa shape index (κ2) is 7.16. The van der Waals surface area contributed by atoms with Gasteiger partial charge in [-0.15, -0.1) is 23.1 Å². The lowest BCUT2D eigenvalue weighted by Crippen LogP contribution is -2.43. The molecular weight excluding hydrogens is 384 g/mol. The predicted molar refractivity (Wildman–Crippen MR) is 106 cm³/mol. The molecule has 0 unspecified atom stereocenters. The zero-order valence-electron chi connectivity index (χ0n) is 14.5. The van der Waals surface area contributed by atoms with Gasteiger partial charge in [-0.3, -0.25) is 14.4 Å². The third kappa shape index (κ3) is 3.47. The summed E-state index contributed by atoms with van der Waals surface area (Å²) in [4.78, 5) is 48.1. The lowest BCUT2D eigenvalue weighted by atomic mass is 10.2.